The number of hydrogen-bond acceptors (Lipinski definition) is 7. The second-order valence-corrected chi connectivity index (χ2v) is 3.21. The normalized spacial score (nSPS) is 9.83. The lowest BCUT2D eigenvalue weighted by Gasteiger charge is -2.07. The molecular weight excluding hydrogens is 234 g/mol. The van der Waals surface area contributed by atoms with Crippen molar-refractivity contribution in [3.05, 3.63) is 36.3 Å². The Labute approximate surface area is 103 Å². The van der Waals surface area contributed by atoms with Crippen LogP contribution in [0.2, 0.25) is 0 Å². The third-order valence-corrected chi connectivity index (χ3v) is 2.02. The predicted molar refractivity (Wildman–Crippen MR) is 63.3 cm³/mol. The number of nitrogens with zero attached hydrogens (tertiary/aromatic N) is 4. The van der Waals surface area contributed by atoms with Crippen molar-refractivity contribution in [1.29, 1.82) is 0 Å². The van der Waals surface area contributed by atoms with Crippen LogP contribution in [0, 0.1) is 0 Å². The van der Waals surface area contributed by atoms with Crippen LogP contribution < -0.4 is 5.32 Å². The molecule has 7 heteroatoms. The topological polar surface area (TPSA) is 89.9 Å². The Morgan fingerprint density at radius 3 is 2.94 bits per heavy atom. The summed E-state index contributed by atoms with van der Waals surface area (Å²) >= 11 is 0. The quantitative estimate of drug-likeness (QED) is 0.809. The fraction of sp³-hybridized carbons (Fsp3) is 0.182. The monoisotopic (exact) mass is 245 g/mol. The van der Waals surface area contributed by atoms with Gasteiger partial charge in [0.15, 0.2) is 0 Å². The van der Waals surface area contributed by atoms with Gasteiger partial charge in [-0.2, -0.15) is 5.10 Å². The summed E-state index contributed by atoms with van der Waals surface area (Å²) in [5, 5.41) is 10.2. The number of nitrogens with one attached hydrogen (secondary N) is 1. The van der Waals surface area contributed by atoms with E-state index in [1.807, 2.05) is 0 Å². The minimum Gasteiger partial charge on any atom is -0.462 e. The molecule has 0 unspecified atom stereocenters. The first-order chi connectivity index (χ1) is 8.81. The predicted octanol–water partition coefficient (Wildman–Crippen LogP) is 1.19. The van der Waals surface area contributed by atoms with Crippen LogP contribution in [-0.2, 0) is 4.74 Å². The molecular formula is C11H11N5O2. The molecule has 1 N–H and O–H groups in total. The lowest BCUT2D eigenvalue weighted by molar-refractivity contribution is 0.0527. The van der Waals surface area contributed by atoms with Gasteiger partial charge >= 0.3 is 5.97 Å². The molecule has 2 aromatic heterocycles. The maximum atomic E-state index is 11.7. The van der Waals surface area contributed by atoms with E-state index in [1.165, 1.54) is 12.4 Å². The molecule has 0 saturated carbocycles. The van der Waals surface area contributed by atoms with Gasteiger partial charge in [-0.25, -0.2) is 14.8 Å². The minimum absolute atomic E-state index is 0.266. The summed E-state index contributed by atoms with van der Waals surface area (Å²) in [6, 6.07) is 3.27. The Morgan fingerprint density at radius 2 is 2.22 bits per heavy atom. The Balaban J connectivity index is 2.25. The highest BCUT2D eigenvalue weighted by Crippen LogP contribution is 2.15. The van der Waals surface area contributed by atoms with Gasteiger partial charge in [-0.15, -0.1) is 5.10 Å². The third kappa shape index (κ3) is 2.76. The Morgan fingerprint density at radius 1 is 1.33 bits per heavy atom. The number of carbonyl (C=O) groups is 1. The molecule has 0 atom stereocenters. The van der Waals surface area contributed by atoms with Crippen LogP contribution in [0.3, 0.4) is 0 Å². The first kappa shape index (κ1) is 11.9. The number of anilines is 2. The summed E-state index contributed by atoms with van der Waals surface area (Å²) in [6.07, 6.45) is 4.50. The first-order valence-corrected chi connectivity index (χ1v) is 5.34. The van der Waals surface area contributed by atoms with E-state index < -0.39 is 5.97 Å². The molecule has 0 aliphatic carbocycles. The number of aromatic nitrogens is 4. The summed E-state index contributed by atoms with van der Waals surface area (Å²) in [4.78, 5) is 19.7. The van der Waals surface area contributed by atoms with Gasteiger partial charge in [0.25, 0.3) is 0 Å². The van der Waals surface area contributed by atoms with Crippen LogP contribution in [0.25, 0.3) is 0 Å². The fourth-order valence-electron chi connectivity index (χ4n) is 1.29. The molecule has 0 bridgehead atoms. The Bertz CT molecular complexity index is 532. The van der Waals surface area contributed by atoms with E-state index in [9.17, 15) is 4.79 Å². The van der Waals surface area contributed by atoms with Crippen molar-refractivity contribution in [2.45, 2.75) is 6.92 Å². The molecule has 0 aliphatic heterocycles. The lowest BCUT2D eigenvalue weighted by atomic mass is 10.2. The Kier molecular flexibility index (Phi) is 3.75. The van der Waals surface area contributed by atoms with E-state index in [1.54, 1.807) is 25.3 Å². The summed E-state index contributed by atoms with van der Waals surface area (Å²) in [7, 11) is 0. The minimum atomic E-state index is -0.447. The molecule has 0 amide bonds. The molecule has 7 nitrogen and oxygen atoms in total. The van der Waals surface area contributed by atoms with E-state index in [0.717, 1.165) is 0 Å². The van der Waals surface area contributed by atoms with Gasteiger partial charge in [0.05, 0.1) is 19.0 Å². The number of esters is 1. The smallest absolute Gasteiger partial charge is 0.341 e. The maximum absolute atomic E-state index is 11.7. The average Bonchev–Trinajstić information content (AvgIpc) is 2.41. The highest BCUT2D eigenvalue weighted by Gasteiger charge is 2.13. The summed E-state index contributed by atoms with van der Waals surface area (Å²) in [5.74, 6) is 0.155. The van der Waals surface area contributed by atoms with Crippen molar-refractivity contribution in [3.63, 3.8) is 0 Å². The van der Waals surface area contributed by atoms with E-state index in [4.69, 9.17) is 4.74 Å². The van der Waals surface area contributed by atoms with Crippen molar-refractivity contribution in [3.8, 4) is 0 Å². The van der Waals surface area contributed by atoms with Gasteiger partial charge in [0.2, 0.25) is 5.95 Å². The van der Waals surface area contributed by atoms with Crippen LogP contribution in [0.1, 0.15) is 17.3 Å². The molecule has 0 saturated heterocycles. The van der Waals surface area contributed by atoms with Crippen LogP contribution in [0.4, 0.5) is 11.8 Å². The van der Waals surface area contributed by atoms with E-state index in [-0.39, 0.29) is 5.95 Å². The number of pyridine rings is 1. The summed E-state index contributed by atoms with van der Waals surface area (Å²) in [5.41, 5.74) is 0.326. The van der Waals surface area contributed by atoms with Crippen LogP contribution >= 0.6 is 0 Å². The van der Waals surface area contributed by atoms with Crippen molar-refractivity contribution < 1.29 is 9.53 Å². The van der Waals surface area contributed by atoms with Crippen molar-refractivity contribution in [2.24, 2.45) is 0 Å². The average molecular weight is 245 g/mol. The van der Waals surface area contributed by atoms with E-state index >= 15 is 0 Å². The zero-order valence-electron chi connectivity index (χ0n) is 9.70. The standard InChI is InChI=1S/C11H11N5O2/c1-2-18-10(17)8-4-3-5-12-9(8)15-11-13-6-7-14-16-11/h3-7H,2H2,1H3,(H,12,13,15,16). The lowest BCUT2D eigenvalue weighted by Crippen LogP contribution is -2.10. The number of carbonyl (C=O) groups excluding carboxylic acids is 1. The summed E-state index contributed by atoms with van der Waals surface area (Å²) in [6.45, 7) is 2.04. The SMILES string of the molecule is CCOC(=O)c1cccnc1Nc1nccnn1. The van der Waals surface area contributed by atoms with Gasteiger partial charge in [-0.05, 0) is 19.1 Å². The van der Waals surface area contributed by atoms with Crippen LogP contribution in [0.5, 0.6) is 0 Å². The molecule has 0 aromatic carbocycles. The molecule has 18 heavy (non-hydrogen) atoms. The molecule has 0 radical (unpaired) electrons. The third-order valence-electron chi connectivity index (χ3n) is 2.02. The van der Waals surface area contributed by atoms with Crippen LogP contribution in [-0.4, -0.2) is 32.7 Å². The highest BCUT2D eigenvalue weighted by atomic mass is 16.5. The molecule has 2 heterocycles. The second-order valence-electron chi connectivity index (χ2n) is 3.21. The van der Waals surface area contributed by atoms with Crippen molar-refractivity contribution >= 4 is 17.7 Å². The van der Waals surface area contributed by atoms with E-state index in [2.05, 4.69) is 25.5 Å². The maximum Gasteiger partial charge on any atom is 0.341 e. The van der Waals surface area contributed by atoms with Gasteiger partial charge in [-0.1, -0.05) is 0 Å². The van der Waals surface area contributed by atoms with Gasteiger partial charge in [0, 0.05) is 6.20 Å². The Hall–Kier alpha value is -2.57. The molecule has 0 aliphatic rings. The second kappa shape index (κ2) is 5.67. The first-order valence-electron chi connectivity index (χ1n) is 5.34. The van der Waals surface area contributed by atoms with Crippen LogP contribution in [0.15, 0.2) is 30.7 Å². The van der Waals surface area contributed by atoms with Gasteiger partial charge in [0.1, 0.15) is 11.4 Å². The molecule has 92 valence electrons. The van der Waals surface area contributed by atoms with Crippen molar-refractivity contribution in [1.82, 2.24) is 20.2 Å². The van der Waals surface area contributed by atoms with Crippen molar-refractivity contribution in [2.75, 3.05) is 11.9 Å². The summed E-state index contributed by atoms with van der Waals surface area (Å²) < 4.78 is 4.93. The zero-order valence-corrected chi connectivity index (χ0v) is 9.70. The highest BCUT2D eigenvalue weighted by molar-refractivity contribution is 5.95. The largest absolute Gasteiger partial charge is 0.462 e. The zero-order chi connectivity index (χ0) is 12.8. The van der Waals surface area contributed by atoms with Gasteiger partial charge in [-0.3, -0.25) is 0 Å². The molecule has 0 fully saturated rings. The van der Waals surface area contributed by atoms with E-state index in [0.29, 0.717) is 18.0 Å². The van der Waals surface area contributed by atoms with Gasteiger partial charge < -0.3 is 10.1 Å². The fourth-order valence-corrected chi connectivity index (χ4v) is 1.29. The number of rotatable bonds is 4. The number of ether oxygens (including phenoxy) is 1. The molecule has 2 rings (SSSR count). The molecule has 0 spiro atoms. The molecule has 2 aromatic rings. The number of hydrogen-bond donors (Lipinski definition) is 1.